The van der Waals surface area contributed by atoms with Gasteiger partial charge in [-0.05, 0) is 25.1 Å². The summed E-state index contributed by atoms with van der Waals surface area (Å²) in [4.78, 5) is 14.1. The number of morpholine rings is 1. The van der Waals surface area contributed by atoms with E-state index < -0.39 is 10.0 Å². The zero-order valence-corrected chi connectivity index (χ0v) is 18.2. The molecule has 1 aliphatic rings. The van der Waals surface area contributed by atoms with E-state index in [0.717, 1.165) is 23.8 Å². The van der Waals surface area contributed by atoms with Crippen LogP contribution in [0.1, 0.15) is 18.7 Å². The molecule has 1 saturated heterocycles. The molecule has 0 aliphatic carbocycles. The normalized spacial score (nSPS) is 19.8. The van der Waals surface area contributed by atoms with Gasteiger partial charge in [0.25, 0.3) is 0 Å². The minimum absolute atomic E-state index is 0.00425. The lowest BCUT2D eigenvalue weighted by Gasteiger charge is -2.30. The smallest absolute Gasteiger partial charge is 0.239 e. The van der Waals surface area contributed by atoms with Gasteiger partial charge < -0.3 is 15.4 Å². The molecule has 4 heterocycles. The first-order valence-electron chi connectivity index (χ1n) is 9.98. The minimum atomic E-state index is -3.56. The third-order valence-electron chi connectivity index (χ3n) is 5.46. The van der Waals surface area contributed by atoms with Crippen LogP contribution >= 0.6 is 0 Å². The summed E-state index contributed by atoms with van der Waals surface area (Å²) in [5.41, 5.74) is 2.54. The highest BCUT2D eigenvalue weighted by Gasteiger charge is 2.30. The molecule has 1 aromatic carbocycles. The highest BCUT2D eigenvalue weighted by atomic mass is 32.2. The van der Waals surface area contributed by atoms with Crippen molar-refractivity contribution in [1.82, 2.24) is 28.8 Å². The van der Waals surface area contributed by atoms with Crippen LogP contribution in [0.4, 0.5) is 5.95 Å². The first-order valence-corrected chi connectivity index (χ1v) is 11.8. The van der Waals surface area contributed by atoms with Crippen molar-refractivity contribution in [2.75, 3.05) is 31.8 Å². The maximum atomic E-state index is 12.4. The number of anilines is 1. The van der Waals surface area contributed by atoms with Gasteiger partial charge in [0.05, 0.1) is 29.6 Å². The number of aromatic nitrogens is 5. The topological polar surface area (TPSA) is 116 Å². The van der Waals surface area contributed by atoms with Crippen molar-refractivity contribution < 1.29 is 13.2 Å². The van der Waals surface area contributed by atoms with E-state index in [1.807, 2.05) is 31.2 Å². The standard InChI is InChI=1S/C20H23N7O3S/c1-12-17(30-11-9-22-12)16-13-8-10-26(31(3,28)29)18(13)25-20(24-16)27-15-7-5-4-6-14(15)23-19(27)21-2/h4-8,10,12,17,22H,9,11H2,1-3H3,(H,21,23)/t12?,17-/m1/s1. The highest BCUT2D eigenvalue weighted by molar-refractivity contribution is 7.89. The van der Waals surface area contributed by atoms with Gasteiger partial charge in [0.2, 0.25) is 21.9 Å². The van der Waals surface area contributed by atoms with Crippen molar-refractivity contribution in [3.8, 4) is 5.95 Å². The summed E-state index contributed by atoms with van der Waals surface area (Å²) >= 11 is 0. The molecule has 1 fully saturated rings. The molecule has 162 valence electrons. The number of hydrogen-bond acceptors (Lipinski definition) is 8. The fraction of sp³-hybridized carbons (Fsp3) is 0.350. The Bertz CT molecular complexity index is 1390. The Morgan fingerprint density at radius 3 is 2.74 bits per heavy atom. The molecule has 11 heteroatoms. The monoisotopic (exact) mass is 441 g/mol. The average Bonchev–Trinajstić information content (AvgIpc) is 3.34. The van der Waals surface area contributed by atoms with Gasteiger partial charge in [0, 0.05) is 31.2 Å². The Balaban J connectivity index is 1.84. The van der Waals surface area contributed by atoms with Crippen LogP contribution in [-0.4, -0.2) is 64.4 Å². The Labute approximate surface area is 179 Å². The van der Waals surface area contributed by atoms with Crippen molar-refractivity contribution in [3.05, 3.63) is 42.2 Å². The second kappa shape index (κ2) is 7.29. The number of hydrogen-bond donors (Lipinski definition) is 2. The summed E-state index contributed by atoms with van der Waals surface area (Å²) < 4.78 is 33.9. The molecule has 0 saturated carbocycles. The van der Waals surface area contributed by atoms with Crippen molar-refractivity contribution in [2.45, 2.75) is 19.1 Å². The molecule has 5 rings (SSSR count). The SMILES string of the molecule is CNc1nc2ccccc2n1-c1nc([C@@H]2OCCNC2C)c2ccn(S(C)(=O)=O)c2n1. The molecule has 0 amide bonds. The lowest BCUT2D eigenvalue weighted by Crippen LogP contribution is -2.41. The zero-order chi connectivity index (χ0) is 21.8. The summed E-state index contributed by atoms with van der Waals surface area (Å²) in [5, 5.41) is 7.12. The first-order chi connectivity index (χ1) is 14.9. The molecule has 2 N–H and O–H groups in total. The molecule has 2 atom stereocenters. The third-order valence-corrected chi connectivity index (χ3v) is 6.47. The molecular weight excluding hydrogens is 418 g/mol. The van der Waals surface area contributed by atoms with E-state index in [1.54, 1.807) is 17.7 Å². The van der Waals surface area contributed by atoms with Gasteiger partial charge in [-0.2, -0.15) is 4.98 Å². The predicted molar refractivity (Wildman–Crippen MR) is 118 cm³/mol. The van der Waals surface area contributed by atoms with E-state index in [2.05, 4.69) is 20.6 Å². The second-order valence-corrected chi connectivity index (χ2v) is 9.42. The van der Waals surface area contributed by atoms with Crippen LogP contribution in [-0.2, 0) is 14.8 Å². The lowest BCUT2D eigenvalue weighted by atomic mass is 10.1. The third kappa shape index (κ3) is 3.25. The molecule has 31 heavy (non-hydrogen) atoms. The van der Waals surface area contributed by atoms with E-state index in [9.17, 15) is 8.42 Å². The van der Waals surface area contributed by atoms with Gasteiger partial charge in [0.15, 0.2) is 5.65 Å². The molecule has 3 aromatic heterocycles. The van der Waals surface area contributed by atoms with Crippen LogP contribution in [0.5, 0.6) is 0 Å². The molecule has 10 nitrogen and oxygen atoms in total. The van der Waals surface area contributed by atoms with Crippen LogP contribution < -0.4 is 10.6 Å². The minimum Gasteiger partial charge on any atom is -0.369 e. The fourth-order valence-corrected chi connectivity index (χ4v) is 4.76. The number of rotatable bonds is 4. The lowest BCUT2D eigenvalue weighted by molar-refractivity contribution is -0.00189. The Kier molecular flexibility index (Phi) is 4.68. The van der Waals surface area contributed by atoms with Crippen LogP contribution in [0.15, 0.2) is 36.5 Å². The highest BCUT2D eigenvalue weighted by Crippen LogP contribution is 2.32. The molecule has 0 bridgehead atoms. The number of imidazole rings is 1. The van der Waals surface area contributed by atoms with Gasteiger partial charge in [-0.15, -0.1) is 0 Å². The van der Waals surface area contributed by atoms with E-state index in [-0.39, 0.29) is 12.1 Å². The number of nitrogens with one attached hydrogen (secondary N) is 2. The van der Waals surface area contributed by atoms with Crippen LogP contribution in [0.25, 0.3) is 28.0 Å². The summed E-state index contributed by atoms with van der Waals surface area (Å²) in [6.45, 7) is 3.31. The number of benzene rings is 1. The van der Waals surface area contributed by atoms with Gasteiger partial charge in [-0.25, -0.2) is 26.9 Å². The second-order valence-electron chi connectivity index (χ2n) is 7.56. The maximum absolute atomic E-state index is 12.4. The Morgan fingerprint density at radius 1 is 1.19 bits per heavy atom. The molecule has 4 aromatic rings. The maximum Gasteiger partial charge on any atom is 0.239 e. The summed E-state index contributed by atoms with van der Waals surface area (Å²) in [6.07, 6.45) is 2.32. The van der Waals surface area contributed by atoms with Crippen molar-refractivity contribution in [3.63, 3.8) is 0 Å². The Morgan fingerprint density at radius 2 is 2.00 bits per heavy atom. The molecule has 0 spiro atoms. The van der Waals surface area contributed by atoms with E-state index in [4.69, 9.17) is 9.72 Å². The number of para-hydroxylation sites is 2. The Hall–Kier alpha value is -3.02. The first kappa shape index (κ1) is 19.9. The van der Waals surface area contributed by atoms with Gasteiger partial charge in [0.1, 0.15) is 6.10 Å². The van der Waals surface area contributed by atoms with E-state index in [1.165, 1.54) is 10.2 Å². The van der Waals surface area contributed by atoms with Crippen LogP contribution in [0, 0.1) is 0 Å². The predicted octanol–water partition coefficient (Wildman–Crippen LogP) is 1.67. The number of nitrogens with zero attached hydrogens (tertiary/aromatic N) is 5. The van der Waals surface area contributed by atoms with Crippen molar-refractivity contribution in [2.24, 2.45) is 0 Å². The molecule has 0 radical (unpaired) electrons. The van der Waals surface area contributed by atoms with Crippen molar-refractivity contribution in [1.29, 1.82) is 0 Å². The summed E-state index contributed by atoms with van der Waals surface area (Å²) in [7, 11) is -1.79. The largest absolute Gasteiger partial charge is 0.369 e. The van der Waals surface area contributed by atoms with Crippen LogP contribution in [0.2, 0.25) is 0 Å². The molecule has 1 unspecified atom stereocenters. The summed E-state index contributed by atoms with van der Waals surface area (Å²) in [5.74, 6) is 0.880. The van der Waals surface area contributed by atoms with Gasteiger partial charge >= 0.3 is 0 Å². The van der Waals surface area contributed by atoms with Gasteiger partial charge in [-0.1, -0.05) is 12.1 Å². The summed E-state index contributed by atoms with van der Waals surface area (Å²) in [6, 6.07) is 9.38. The van der Waals surface area contributed by atoms with E-state index in [0.29, 0.717) is 35.2 Å². The quantitative estimate of drug-likeness (QED) is 0.491. The average molecular weight is 442 g/mol. The van der Waals surface area contributed by atoms with Crippen LogP contribution in [0.3, 0.4) is 0 Å². The van der Waals surface area contributed by atoms with Crippen molar-refractivity contribution >= 4 is 38.0 Å². The van der Waals surface area contributed by atoms with Gasteiger partial charge in [-0.3, -0.25) is 0 Å². The fourth-order valence-electron chi connectivity index (χ4n) is 4.02. The molecular formula is C20H23N7O3S. The van der Waals surface area contributed by atoms with E-state index >= 15 is 0 Å². The number of fused-ring (bicyclic) bond motifs is 2. The zero-order valence-electron chi connectivity index (χ0n) is 17.4. The number of ether oxygens (including phenoxy) is 1. The molecule has 1 aliphatic heterocycles.